The number of rotatable bonds is 16. The van der Waals surface area contributed by atoms with Crippen LogP contribution in [0.25, 0.3) is 16.0 Å². The van der Waals surface area contributed by atoms with E-state index in [2.05, 4.69) is 46.3 Å². The zero-order valence-corrected chi connectivity index (χ0v) is 31.5. The summed E-state index contributed by atoms with van der Waals surface area (Å²) in [6, 6.07) is 21.4. The summed E-state index contributed by atoms with van der Waals surface area (Å²) < 4.78 is 19.1. The van der Waals surface area contributed by atoms with Crippen molar-refractivity contribution in [2.45, 2.75) is 70.4 Å². The van der Waals surface area contributed by atoms with Crippen molar-refractivity contribution < 1.29 is 34.3 Å². The lowest BCUT2D eigenvalue weighted by atomic mass is 9.93. The highest BCUT2D eigenvalue weighted by atomic mass is 35.5. The number of nitriles is 1. The van der Waals surface area contributed by atoms with Gasteiger partial charge in [0.25, 0.3) is 0 Å². The maximum Gasteiger partial charge on any atom is 0.323 e. The molecule has 4 aromatic rings. The van der Waals surface area contributed by atoms with Crippen LogP contribution in [0, 0.1) is 24.8 Å². The van der Waals surface area contributed by atoms with Gasteiger partial charge in [0.1, 0.15) is 36.0 Å². The number of benzene rings is 4. The Labute approximate surface area is 326 Å². The number of nitrogens with one attached hydrogen (secondary N) is 1. The summed E-state index contributed by atoms with van der Waals surface area (Å²) in [5, 5.41) is 41.4. The van der Waals surface area contributed by atoms with Gasteiger partial charge in [-0.15, -0.1) is 0 Å². The number of nitrogens with zero attached hydrogens (tertiary/aromatic N) is 3. The Hall–Kier alpha value is -5.14. The van der Waals surface area contributed by atoms with E-state index >= 15 is 0 Å². The topological polar surface area (TPSA) is 149 Å². The summed E-state index contributed by atoms with van der Waals surface area (Å²) >= 11 is 6.81. The average molecular weight is 765 g/mol. The second-order valence-corrected chi connectivity index (χ2v) is 14.4. The van der Waals surface area contributed by atoms with Gasteiger partial charge in [0.15, 0.2) is 5.69 Å². The number of piperidine rings is 1. The third-order valence-electron chi connectivity index (χ3n) is 10.3. The van der Waals surface area contributed by atoms with E-state index in [9.17, 15) is 25.4 Å². The summed E-state index contributed by atoms with van der Waals surface area (Å²) in [4.78, 5) is 17.4. The number of ether oxygens (including phenoxy) is 3. The second kappa shape index (κ2) is 18.5. The Morgan fingerprint density at radius 2 is 1.84 bits per heavy atom. The minimum absolute atomic E-state index is 0.0235. The van der Waals surface area contributed by atoms with Crippen LogP contribution in [-0.2, 0) is 24.4 Å². The van der Waals surface area contributed by atoms with Gasteiger partial charge in [-0.1, -0.05) is 41.9 Å². The largest absolute Gasteiger partial charge is 0.493 e. The van der Waals surface area contributed by atoms with Crippen molar-refractivity contribution in [3.63, 3.8) is 0 Å². The third-order valence-corrected chi connectivity index (χ3v) is 10.6. The van der Waals surface area contributed by atoms with Crippen LogP contribution in [0.4, 0.5) is 5.69 Å². The highest BCUT2D eigenvalue weighted by Gasteiger charge is 2.29. The molecule has 4 N–H and O–H groups in total. The van der Waals surface area contributed by atoms with Crippen molar-refractivity contribution >= 4 is 23.3 Å². The molecule has 0 amide bonds. The van der Waals surface area contributed by atoms with Crippen LogP contribution >= 0.6 is 11.6 Å². The molecule has 0 bridgehead atoms. The fraction of sp³-hybridized carbons (Fsp3) is 0.372. The highest BCUT2D eigenvalue weighted by molar-refractivity contribution is 6.32. The molecule has 1 saturated heterocycles. The molecule has 0 aromatic heterocycles. The molecule has 4 aromatic carbocycles. The van der Waals surface area contributed by atoms with Gasteiger partial charge in [0.2, 0.25) is 0 Å². The monoisotopic (exact) mass is 764 g/mol. The highest BCUT2D eigenvalue weighted by Crippen LogP contribution is 2.44. The van der Waals surface area contributed by atoms with Gasteiger partial charge >= 0.3 is 5.97 Å². The number of aliphatic carboxylic acids is 1. The standard InChI is InChI=1S/C43H45ClN4O7/c1-27-33(6-4-9-39(27)53-17-5-14-48-15-12-32(50)13-16-48)34-7-3-8-36-35(34)10-11-40(36)55-42-22-41(30(21-37(42)44)24-47-38(25-49)43(51)52)54-26-29-18-28(23-45)19-31(20-29)46-2/h3-4,6-9,18-22,32,38,40,47,49-50H,5,10-17,24-26H2,1H3,(H,51,52)/t38-,40-/m0/s1. The Balaban J connectivity index is 1.20. The molecule has 6 rings (SSSR count). The zero-order valence-electron chi connectivity index (χ0n) is 30.8. The first-order valence-electron chi connectivity index (χ1n) is 18.5. The lowest BCUT2D eigenvalue weighted by Crippen LogP contribution is -2.39. The molecule has 1 aliphatic heterocycles. The van der Waals surface area contributed by atoms with Crippen molar-refractivity contribution in [1.29, 1.82) is 5.26 Å². The summed E-state index contributed by atoms with van der Waals surface area (Å²) in [6.45, 7) is 12.4. The molecule has 55 heavy (non-hydrogen) atoms. The van der Waals surface area contributed by atoms with E-state index in [-0.39, 0.29) is 25.4 Å². The second-order valence-electron chi connectivity index (χ2n) is 14.0. The van der Waals surface area contributed by atoms with Gasteiger partial charge in [0.05, 0.1) is 37.0 Å². The molecule has 2 atom stereocenters. The van der Waals surface area contributed by atoms with Crippen LogP contribution in [0.5, 0.6) is 17.2 Å². The fourth-order valence-corrected chi connectivity index (χ4v) is 7.50. The molecule has 0 radical (unpaired) electrons. The van der Waals surface area contributed by atoms with E-state index in [0.29, 0.717) is 45.5 Å². The van der Waals surface area contributed by atoms with Crippen molar-refractivity contribution in [3.05, 3.63) is 117 Å². The predicted octanol–water partition coefficient (Wildman–Crippen LogP) is 7.14. The van der Waals surface area contributed by atoms with Crippen molar-refractivity contribution in [3.8, 4) is 34.4 Å². The SMILES string of the molecule is [C-]#[N+]c1cc(C#N)cc(COc2cc(O[C@H]3CCc4c(-c5cccc(OCCCN6CCC(O)CC6)c5C)cccc43)c(Cl)cc2CN[C@@H](CO)C(=O)O)c1. The van der Waals surface area contributed by atoms with Crippen LogP contribution < -0.4 is 19.5 Å². The number of fused-ring (bicyclic) bond motifs is 1. The molecule has 0 unspecified atom stereocenters. The molecule has 0 spiro atoms. The molecular formula is C43H45ClN4O7. The minimum atomic E-state index is -1.20. The van der Waals surface area contributed by atoms with Gasteiger partial charge < -0.3 is 34.4 Å². The summed E-state index contributed by atoms with van der Waals surface area (Å²) in [7, 11) is 0. The summed E-state index contributed by atoms with van der Waals surface area (Å²) in [5.74, 6) is 0.424. The number of hydrogen-bond donors (Lipinski definition) is 4. The number of halogens is 1. The number of carboxylic acids is 1. The fourth-order valence-electron chi connectivity index (χ4n) is 7.27. The van der Waals surface area contributed by atoms with Gasteiger partial charge in [-0.2, -0.15) is 5.26 Å². The van der Waals surface area contributed by atoms with Gasteiger partial charge in [-0.25, -0.2) is 4.85 Å². The molecule has 0 saturated carbocycles. The normalized spacial score (nSPS) is 16.1. The first kappa shape index (κ1) is 39.6. The summed E-state index contributed by atoms with van der Waals surface area (Å²) in [5.41, 5.74) is 7.37. The van der Waals surface area contributed by atoms with Gasteiger partial charge in [-0.05, 0) is 103 Å². The van der Waals surface area contributed by atoms with E-state index < -0.39 is 18.6 Å². The number of likely N-dealkylation sites (tertiary alicyclic amines) is 1. The van der Waals surface area contributed by atoms with E-state index in [1.54, 1.807) is 24.3 Å². The zero-order chi connectivity index (χ0) is 38.9. The first-order valence-corrected chi connectivity index (χ1v) is 18.9. The predicted molar refractivity (Wildman–Crippen MR) is 209 cm³/mol. The lowest BCUT2D eigenvalue weighted by molar-refractivity contribution is -0.140. The van der Waals surface area contributed by atoms with E-state index in [0.717, 1.165) is 79.7 Å². The Morgan fingerprint density at radius 1 is 1.05 bits per heavy atom. The number of carboxylic acid groups (broad SMARTS) is 1. The van der Waals surface area contributed by atoms with Gasteiger partial charge in [0, 0.05) is 43.4 Å². The van der Waals surface area contributed by atoms with Crippen LogP contribution in [-0.4, -0.2) is 71.2 Å². The van der Waals surface area contributed by atoms with E-state index in [1.165, 1.54) is 11.6 Å². The van der Waals surface area contributed by atoms with E-state index in [4.69, 9.17) is 32.4 Å². The Morgan fingerprint density at radius 3 is 2.58 bits per heavy atom. The van der Waals surface area contributed by atoms with Crippen LogP contribution in [0.2, 0.25) is 5.02 Å². The molecule has 286 valence electrons. The van der Waals surface area contributed by atoms with Crippen LogP contribution in [0.15, 0.2) is 66.7 Å². The molecule has 12 heteroatoms. The molecular weight excluding hydrogens is 720 g/mol. The molecule has 2 aliphatic rings. The van der Waals surface area contributed by atoms with Gasteiger partial charge in [-0.3, -0.25) is 10.1 Å². The maximum atomic E-state index is 11.6. The van der Waals surface area contributed by atoms with Crippen LogP contribution in [0.3, 0.4) is 0 Å². The smallest absolute Gasteiger partial charge is 0.323 e. The number of aliphatic hydroxyl groups excluding tert-OH is 2. The van der Waals surface area contributed by atoms with Crippen molar-refractivity contribution in [1.82, 2.24) is 10.2 Å². The van der Waals surface area contributed by atoms with Crippen LogP contribution in [0.1, 0.15) is 65.2 Å². The number of carbonyl (C=O) groups is 1. The van der Waals surface area contributed by atoms with Crippen molar-refractivity contribution in [2.24, 2.45) is 0 Å². The maximum absolute atomic E-state index is 11.6. The molecule has 1 heterocycles. The molecule has 11 nitrogen and oxygen atoms in total. The number of aliphatic hydroxyl groups is 2. The van der Waals surface area contributed by atoms with Crippen molar-refractivity contribution in [2.75, 3.05) is 32.8 Å². The minimum Gasteiger partial charge on any atom is -0.493 e. The summed E-state index contributed by atoms with van der Waals surface area (Å²) in [6.07, 6.45) is 3.63. The number of hydrogen-bond acceptors (Lipinski definition) is 9. The lowest BCUT2D eigenvalue weighted by Gasteiger charge is -2.29. The quantitative estimate of drug-likeness (QED) is 0.0685. The first-order chi connectivity index (χ1) is 26.7. The third kappa shape index (κ3) is 9.76. The Kier molecular flexibility index (Phi) is 13.3. The Bertz CT molecular complexity index is 2050. The molecule has 1 fully saturated rings. The average Bonchev–Trinajstić information content (AvgIpc) is 3.61. The van der Waals surface area contributed by atoms with E-state index in [1.807, 2.05) is 18.2 Å². The molecule has 1 aliphatic carbocycles.